The van der Waals surface area contributed by atoms with E-state index < -0.39 is 0 Å². The lowest BCUT2D eigenvalue weighted by Crippen LogP contribution is -2.29. The number of nitrogen functional groups attached to an aromatic ring is 1. The fourth-order valence-corrected chi connectivity index (χ4v) is 1.81. The van der Waals surface area contributed by atoms with Crippen molar-refractivity contribution in [2.75, 3.05) is 17.2 Å². The van der Waals surface area contributed by atoms with Crippen molar-refractivity contribution in [1.29, 1.82) is 0 Å². The molecule has 6 heteroatoms. The molecule has 88 valence electrons. The summed E-state index contributed by atoms with van der Waals surface area (Å²) in [6.45, 7) is 3.13. The number of nitrogens with two attached hydrogens (primary N) is 1. The quantitative estimate of drug-likeness (QED) is 0.853. The largest absolute Gasteiger partial charge is 0.368 e. The topological polar surface area (TPSA) is 67.9 Å². The molecule has 0 bridgehead atoms. The number of rotatable bonds is 5. The highest BCUT2D eigenvalue weighted by Gasteiger charge is 2.30. The van der Waals surface area contributed by atoms with Crippen LogP contribution in [0.4, 0.5) is 11.9 Å². The standard InChI is InChI=1S/C10H16ClN5/c1-2-3-6-16(7-4-5-7)10-14-8(11)13-9(12)15-10/h7H,2-6H2,1H3,(H2,12,13,14,15). The zero-order valence-corrected chi connectivity index (χ0v) is 10.1. The van der Waals surface area contributed by atoms with Crippen LogP contribution in [-0.4, -0.2) is 27.5 Å². The fraction of sp³-hybridized carbons (Fsp3) is 0.700. The van der Waals surface area contributed by atoms with Gasteiger partial charge in [-0.3, -0.25) is 0 Å². The minimum absolute atomic E-state index is 0.171. The van der Waals surface area contributed by atoms with E-state index in [4.69, 9.17) is 17.3 Å². The molecule has 0 amide bonds. The first-order valence-corrected chi connectivity index (χ1v) is 6.02. The number of aromatic nitrogens is 3. The molecular formula is C10H16ClN5. The van der Waals surface area contributed by atoms with Gasteiger partial charge in [-0.1, -0.05) is 13.3 Å². The van der Waals surface area contributed by atoms with Crippen LogP contribution in [0.15, 0.2) is 0 Å². The summed E-state index contributed by atoms with van der Waals surface area (Å²) in [5, 5.41) is 0.171. The van der Waals surface area contributed by atoms with E-state index >= 15 is 0 Å². The predicted molar refractivity (Wildman–Crippen MR) is 64.5 cm³/mol. The van der Waals surface area contributed by atoms with Gasteiger partial charge < -0.3 is 10.6 Å². The van der Waals surface area contributed by atoms with Crippen LogP contribution in [-0.2, 0) is 0 Å². The van der Waals surface area contributed by atoms with Gasteiger partial charge in [-0.2, -0.15) is 15.0 Å². The average Bonchev–Trinajstić information content (AvgIpc) is 3.01. The Balaban J connectivity index is 2.16. The predicted octanol–water partition coefficient (Wildman–Crippen LogP) is 1.88. The van der Waals surface area contributed by atoms with Gasteiger partial charge in [0.1, 0.15) is 0 Å². The first kappa shape index (κ1) is 11.4. The Bertz CT molecular complexity index is 346. The molecule has 0 atom stereocenters. The minimum atomic E-state index is 0.171. The summed E-state index contributed by atoms with van der Waals surface area (Å²) in [6.07, 6.45) is 4.68. The van der Waals surface area contributed by atoms with Crippen molar-refractivity contribution in [2.24, 2.45) is 0 Å². The highest BCUT2D eigenvalue weighted by Crippen LogP contribution is 2.30. The first-order chi connectivity index (χ1) is 7.70. The molecule has 1 fully saturated rings. The Morgan fingerprint density at radius 2 is 2.12 bits per heavy atom. The summed E-state index contributed by atoms with van der Waals surface area (Å²) in [5.41, 5.74) is 5.57. The van der Waals surface area contributed by atoms with Gasteiger partial charge in [0.15, 0.2) is 0 Å². The van der Waals surface area contributed by atoms with Crippen molar-refractivity contribution in [2.45, 2.75) is 38.6 Å². The number of nitrogens with zero attached hydrogens (tertiary/aromatic N) is 4. The second kappa shape index (κ2) is 4.82. The lowest BCUT2D eigenvalue weighted by atomic mass is 10.3. The van der Waals surface area contributed by atoms with E-state index in [1.807, 2.05) is 0 Å². The number of unbranched alkanes of at least 4 members (excludes halogenated alkanes) is 1. The Kier molecular flexibility index (Phi) is 3.43. The van der Waals surface area contributed by atoms with Gasteiger partial charge in [0.25, 0.3) is 0 Å². The van der Waals surface area contributed by atoms with Crippen molar-refractivity contribution in [3.05, 3.63) is 5.28 Å². The van der Waals surface area contributed by atoms with E-state index in [1.165, 1.54) is 12.8 Å². The molecule has 1 heterocycles. The highest BCUT2D eigenvalue weighted by atomic mass is 35.5. The van der Waals surface area contributed by atoms with Crippen LogP contribution in [0.5, 0.6) is 0 Å². The molecule has 1 aliphatic carbocycles. The van der Waals surface area contributed by atoms with Gasteiger partial charge >= 0.3 is 0 Å². The van der Waals surface area contributed by atoms with Gasteiger partial charge in [0.05, 0.1) is 0 Å². The van der Waals surface area contributed by atoms with Crippen LogP contribution in [0.1, 0.15) is 32.6 Å². The van der Waals surface area contributed by atoms with Crippen molar-refractivity contribution in [3.63, 3.8) is 0 Å². The molecule has 16 heavy (non-hydrogen) atoms. The SMILES string of the molecule is CCCCN(c1nc(N)nc(Cl)n1)C1CC1. The smallest absolute Gasteiger partial charge is 0.231 e. The third-order valence-electron chi connectivity index (χ3n) is 2.61. The van der Waals surface area contributed by atoms with E-state index in [2.05, 4.69) is 26.8 Å². The summed E-state index contributed by atoms with van der Waals surface area (Å²) in [7, 11) is 0. The Hall–Kier alpha value is -1.10. The molecule has 1 saturated carbocycles. The molecule has 0 aliphatic heterocycles. The Morgan fingerprint density at radius 1 is 1.38 bits per heavy atom. The van der Waals surface area contributed by atoms with Gasteiger partial charge in [-0.25, -0.2) is 0 Å². The van der Waals surface area contributed by atoms with Gasteiger partial charge in [-0.15, -0.1) is 0 Å². The Labute approximate surface area is 100 Å². The van der Waals surface area contributed by atoms with E-state index in [-0.39, 0.29) is 11.2 Å². The zero-order valence-electron chi connectivity index (χ0n) is 9.36. The highest BCUT2D eigenvalue weighted by molar-refractivity contribution is 6.28. The van der Waals surface area contributed by atoms with Gasteiger partial charge in [0, 0.05) is 12.6 Å². The third kappa shape index (κ3) is 2.72. The normalized spacial score (nSPS) is 15.1. The molecule has 2 rings (SSSR count). The van der Waals surface area contributed by atoms with Crippen molar-refractivity contribution in [3.8, 4) is 0 Å². The molecule has 5 nitrogen and oxygen atoms in total. The zero-order chi connectivity index (χ0) is 11.5. The summed E-state index contributed by atoms with van der Waals surface area (Å²) in [4.78, 5) is 14.2. The first-order valence-electron chi connectivity index (χ1n) is 5.64. The van der Waals surface area contributed by atoms with Crippen LogP contribution in [0.2, 0.25) is 5.28 Å². The number of halogens is 1. The Morgan fingerprint density at radius 3 is 2.69 bits per heavy atom. The van der Waals surface area contributed by atoms with Gasteiger partial charge in [-0.05, 0) is 30.9 Å². The third-order valence-corrected chi connectivity index (χ3v) is 2.78. The van der Waals surface area contributed by atoms with E-state index in [1.54, 1.807) is 0 Å². The van der Waals surface area contributed by atoms with E-state index in [0.717, 1.165) is 19.4 Å². The number of anilines is 2. The summed E-state index contributed by atoms with van der Waals surface area (Å²) in [5.74, 6) is 0.811. The fourth-order valence-electron chi connectivity index (χ4n) is 1.64. The molecule has 0 unspecified atom stereocenters. The second-order valence-corrected chi connectivity index (χ2v) is 4.38. The molecule has 0 aromatic carbocycles. The summed E-state index contributed by atoms with van der Waals surface area (Å²) < 4.78 is 0. The number of hydrogen-bond acceptors (Lipinski definition) is 5. The average molecular weight is 242 g/mol. The molecule has 2 N–H and O–H groups in total. The van der Waals surface area contributed by atoms with Crippen molar-refractivity contribution in [1.82, 2.24) is 15.0 Å². The second-order valence-electron chi connectivity index (χ2n) is 4.04. The molecule has 0 radical (unpaired) electrons. The van der Waals surface area contributed by atoms with E-state index in [9.17, 15) is 0 Å². The molecule has 0 saturated heterocycles. The molecule has 1 aromatic rings. The monoisotopic (exact) mass is 241 g/mol. The van der Waals surface area contributed by atoms with Crippen molar-refractivity contribution < 1.29 is 0 Å². The van der Waals surface area contributed by atoms with Gasteiger partial charge in [0.2, 0.25) is 17.2 Å². The van der Waals surface area contributed by atoms with Crippen LogP contribution in [0.25, 0.3) is 0 Å². The molecule has 0 spiro atoms. The molecular weight excluding hydrogens is 226 g/mol. The maximum atomic E-state index is 5.78. The van der Waals surface area contributed by atoms with Crippen molar-refractivity contribution >= 4 is 23.5 Å². The van der Waals surface area contributed by atoms with Crippen LogP contribution < -0.4 is 10.6 Å². The summed E-state index contributed by atoms with van der Waals surface area (Å²) in [6, 6.07) is 0.560. The van der Waals surface area contributed by atoms with Crippen LogP contribution in [0, 0.1) is 0 Å². The van der Waals surface area contributed by atoms with Crippen LogP contribution >= 0.6 is 11.6 Å². The maximum absolute atomic E-state index is 5.78. The summed E-state index contributed by atoms with van der Waals surface area (Å²) >= 11 is 5.78. The lowest BCUT2D eigenvalue weighted by molar-refractivity contribution is 0.692. The number of hydrogen-bond donors (Lipinski definition) is 1. The lowest BCUT2D eigenvalue weighted by Gasteiger charge is -2.21. The molecule has 1 aliphatic rings. The van der Waals surface area contributed by atoms with E-state index in [0.29, 0.717) is 12.0 Å². The molecule has 1 aromatic heterocycles. The van der Waals surface area contributed by atoms with Crippen LogP contribution in [0.3, 0.4) is 0 Å². The maximum Gasteiger partial charge on any atom is 0.231 e. The minimum Gasteiger partial charge on any atom is -0.368 e.